The van der Waals surface area contributed by atoms with Crippen LogP contribution in [0.5, 0.6) is 0 Å². The van der Waals surface area contributed by atoms with Crippen molar-refractivity contribution >= 4 is 34.3 Å². The molecule has 0 aliphatic heterocycles. The van der Waals surface area contributed by atoms with Gasteiger partial charge in [-0.15, -0.1) is 11.3 Å². The molecule has 0 radical (unpaired) electrons. The second-order valence-corrected chi connectivity index (χ2v) is 5.68. The van der Waals surface area contributed by atoms with Gasteiger partial charge in [0.05, 0.1) is 4.92 Å². The van der Waals surface area contributed by atoms with Gasteiger partial charge in [0.25, 0.3) is 5.69 Å². The van der Waals surface area contributed by atoms with Crippen LogP contribution in [0.3, 0.4) is 0 Å². The highest BCUT2D eigenvalue weighted by atomic mass is 35.5. The highest BCUT2D eigenvalue weighted by Crippen LogP contribution is 2.28. The molecule has 0 saturated carbocycles. The molecule has 0 aliphatic rings. The van der Waals surface area contributed by atoms with Crippen LogP contribution in [0.2, 0.25) is 5.02 Å². The molecular formula is C13H13ClN2O2S. The molecule has 1 aromatic heterocycles. The second-order valence-electron chi connectivity index (χ2n) is 3.99. The Hall–Kier alpha value is -1.59. The van der Waals surface area contributed by atoms with Crippen LogP contribution in [-0.2, 0) is 13.0 Å². The number of anilines is 1. The van der Waals surface area contributed by atoms with Gasteiger partial charge in [-0.25, -0.2) is 0 Å². The fraction of sp³-hybridized carbons (Fsp3) is 0.231. The Morgan fingerprint density at radius 3 is 2.68 bits per heavy atom. The third-order valence-corrected chi connectivity index (χ3v) is 4.14. The van der Waals surface area contributed by atoms with Crippen LogP contribution >= 0.6 is 22.9 Å². The molecular weight excluding hydrogens is 284 g/mol. The lowest BCUT2D eigenvalue weighted by Crippen LogP contribution is -2.01. The summed E-state index contributed by atoms with van der Waals surface area (Å²) in [6.45, 7) is 2.68. The van der Waals surface area contributed by atoms with Crippen molar-refractivity contribution in [3.05, 3.63) is 55.2 Å². The maximum absolute atomic E-state index is 10.9. The van der Waals surface area contributed by atoms with Gasteiger partial charge in [-0.1, -0.05) is 18.5 Å². The van der Waals surface area contributed by atoms with Crippen LogP contribution < -0.4 is 5.32 Å². The van der Waals surface area contributed by atoms with Crippen LogP contribution in [0.15, 0.2) is 30.3 Å². The summed E-state index contributed by atoms with van der Waals surface area (Å²) in [7, 11) is 0. The average Bonchev–Trinajstić information content (AvgIpc) is 2.85. The Bertz CT molecular complexity index is 598. The Kier molecular flexibility index (Phi) is 4.39. The molecule has 100 valence electrons. The first kappa shape index (κ1) is 13.8. The Balaban J connectivity index is 2.12. The number of rotatable bonds is 5. The molecule has 0 atom stereocenters. The van der Waals surface area contributed by atoms with Gasteiger partial charge in [-0.05, 0) is 30.7 Å². The molecule has 0 amide bonds. The van der Waals surface area contributed by atoms with E-state index in [4.69, 9.17) is 11.6 Å². The molecule has 6 heteroatoms. The van der Waals surface area contributed by atoms with Gasteiger partial charge >= 0.3 is 0 Å². The highest BCUT2D eigenvalue weighted by molar-refractivity contribution is 7.12. The number of nitro groups is 1. The van der Waals surface area contributed by atoms with E-state index in [1.165, 1.54) is 10.9 Å². The molecule has 1 N–H and O–H groups in total. The summed E-state index contributed by atoms with van der Waals surface area (Å²) in [6.07, 6.45) is 1.01. The fourth-order valence-corrected chi connectivity index (χ4v) is 2.76. The number of aryl methyl sites for hydroxylation is 1. The maximum Gasteiger partial charge on any atom is 0.293 e. The van der Waals surface area contributed by atoms with Crippen LogP contribution in [0.1, 0.15) is 16.7 Å². The minimum atomic E-state index is -0.430. The van der Waals surface area contributed by atoms with Crippen molar-refractivity contribution in [1.29, 1.82) is 0 Å². The van der Waals surface area contributed by atoms with Crippen LogP contribution in [0, 0.1) is 10.1 Å². The second kappa shape index (κ2) is 6.04. The normalized spacial score (nSPS) is 10.4. The largest absolute Gasteiger partial charge is 0.375 e. The van der Waals surface area contributed by atoms with E-state index < -0.39 is 4.92 Å². The van der Waals surface area contributed by atoms with E-state index in [1.54, 1.807) is 23.5 Å². The smallest absolute Gasteiger partial charge is 0.293 e. The summed E-state index contributed by atoms with van der Waals surface area (Å²) in [5.74, 6) is 0. The van der Waals surface area contributed by atoms with E-state index in [-0.39, 0.29) is 5.69 Å². The number of benzene rings is 1. The van der Waals surface area contributed by atoms with Crippen molar-refractivity contribution in [2.24, 2.45) is 0 Å². The molecule has 0 spiro atoms. The number of nitrogens with one attached hydrogen (secondary N) is 1. The molecule has 1 aromatic carbocycles. The molecule has 2 rings (SSSR count). The molecule has 19 heavy (non-hydrogen) atoms. The molecule has 0 unspecified atom stereocenters. The highest BCUT2D eigenvalue weighted by Gasteiger charge is 2.14. The van der Waals surface area contributed by atoms with E-state index in [2.05, 4.69) is 18.3 Å². The van der Waals surface area contributed by atoms with Crippen LogP contribution in [0.25, 0.3) is 0 Å². The molecule has 0 aliphatic carbocycles. The maximum atomic E-state index is 10.9. The predicted molar refractivity (Wildman–Crippen MR) is 79.1 cm³/mol. The zero-order valence-electron chi connectivity index (χ0n) is 10.4. The Morgan fingerprint density at radius 1 is 1.32 bits per heavy atom. The molecule has 1 heterocycles. The standard InChI is InChI=1S/C13H13ClN2O2S/c1-2-10-4-5-11(19-10)8-15-12-6-3-9(14)7-13(12)16(17)18/h3-7,15H,2,8H2,1H3. The summed E-state index contributed by atoms with van der Waals surface area (Å²) in [6, 6.07) is 8.75. The number of hydrogen-bond donors (Lipinski definition) is 1. The molecule has 2 aromatic rings. The van der Waals surface area contributed by atoms with Crippen LogP contribution in [0.4, 0.5) is 11.4 Å². The number of thiophene rings is 1. The van der Waals surface area contributed by atoms with Crippen molar-refractivity contribution in [2.45, 2.75) is 19.9 Å². The molecule has 4 nitrogen and oxygen atoms in total. The minimum absolute atomic E-state index is 0.000212. The van der Waals surface area contributed by atoms with Crippen LogP contribution in [-0.4, -0.2) is 4.92 Å². The lowest BCUT2D eigenvalue weighted by molar-refractivity contribution is -0.383. The Labute approximate surface area is 120 Å². The third-order valence-electron chi connectivity index (χ3n) is 2.68. The van der Waals surface area contributed by atoms with Gasteiger partial charge in [0.2, 0.25) is 0 Å². The monoisotopic (exact) mass is 296 g/mol. The number of nitro benzene ring substituents is 1. The molecule has 0 bridgehead atoms. The van der Waals surface area contributed by atoms with Crippen molar-refractivity contribution in [3.63, 3.8) is 0 Å². The van der Waals surface area contributed by atoms with Crippen molar-refractivity contribution in [2.75, 3.05) is 5.32 Å². The topological polar surface area (TPSA) is 55.2 Å². The zero-order valence-corrected chi connectivity index (χ0v) is 11.9. The summed E-state index contributed by atoms with van der Waals surface area (Å²) in [5.41, 5.74) is 0.487. The number of hydrogen-bond acceptors (Lipinski definition) is 4. The van der Waals surface area contributed by atoms with Gasteiger partial charge < -0.3 is 5.32 Å². The summed E-state index contributed by atoms with van der Waals surface area (Å²) in [5, 5.41) is 14.4. The molecule has 0 fully saturated rings. The van der Waals surface area contributed by atoms with E-state index >= 15 is 0 Å². The Morgan fingerprint density at radius 2 is 2.05 bits per heavy atom. The van der Waals surface area contributed by atoms with E-state index in [0.29, 0.717) is 17.3 Å². The predicted octanol–water partition coefficient (Wildman–Crippen LogP) is 4.48. The first-order chi connectivity index (χ1) is 9.10. The summed E-state index contributed by atoms with van der Waals surface area (Å²) >= 11 is 7.48. The lowest BCUT2D eigenvalue weighted by Gasteiger charge is -2.06. The van der Waals surface area contributed by atoms with Gasteiger partial charge in [0, 0.05) is 27.4 Å². The van der Waals surface area contributed by atoms with Crippen molar-refractivity contribution < 1.29 is 4.92 Å². The van der Waals surface area contributed by atoms with E-state index in [0.717, 1.165) is 11.3 Å². The van der Waals surface area contributed by atoms with E-state index in [9.17, 15) is 10.1 Å². The fourth-order valence-electron chi connectivity index (χ4n) is 1.70. The SMILES string of the molecule is CCc1ccc(CNc2ccc(Cl)cc2[N+](=O)[O-])s1. The summed E-state index contributed by atoms with van der Waals surface area (Å²) in [4.78, 5) is 13.0. The van der Waals surface area contributed by atoms with Gasteiger partial charge in [0.15, 0.2) is 0 Å². The number of nitrogens with zero attached hydrogens (tertiary/aromatic N) is 1. The zero-order chi connectivity index (χ0) is 13.8. The first-order valence-electron chi connectivity index (χ1n) is 5.85. The van der Waals surface area contributed by atoms with E-state index in [1.807, 2.05) is 6.07 Å². The quantitative estimate of drug-likeness (QED) is 0.653. The van der Waals surface area contributed by atoms with Gasteiger partial charge in [0.1, 0.15) is 5.69 Å². The lowest BCUT2D eigenvalue weighted by atomic mass is 10.2. The first-order valence-corrected chi connectivity index (χ1v) is 7.05. The molecule has 0 saturated heterocycles. The van der Waals surface area contributed by atoms with Gasteiger partial charge in [-0.3, -0.25) is 10.1 Å². The van der Waals surface area contributed by atoms with Crippen molar-refractivity contribution in [1.82, 2.24) is 0 Å². The number of halogens is 1. The average molecular weight is 297 g/mol. The summed E-state index contributed by atoms with van der Waals surface area (Å²) < 4.78 is 0. The third kappa shape index (κ3) is 3.45. The van der Waals surface area contributed by atoms with Crippen molar-refractivity contribution in [3.8, 4) is 0 Å². The van der Waals surface area contributed by atoms with Gasteiger partial charge in [-0.2, -0.15) is 0 Å². The minimum Gasteiger partial charge on any atom is -0.375 e.